The van der Waals surface area contributed by atoms with Gasteiger partial charge in [-0.05, 0) is 44.0 Å². The number of rotatable bonds is 6. The highest BCUT2D eigenvalue weighted by molar-refractivity contribution is 5.23. The lowest BCUT2D eigenvalue weighted by molar-refractivity contribution is 0.550. The number of likely N-dealkylation sites (N-methyl/N-ethyl adjacent to an activating group) is 1. The monoisotopic (exact) mass is 268 g/mol. The Morgan fingerprint density at radius 3 is 2.55 bits per heavy atom. The topological polar surface area (TPSA) is 24.9 Å². The molecule has 1 atom stereocenters. The third kappa shape index (κ3) is 4.17. The minimum atomic E-state index is 0.428. The van der Waals surface area contributed by atoms with Crippen molar-refractivity contribution in [3.05, 3.63) is 65.0 Å². The maximum atomic E-state index is 4.56. The Hall–Kier alpha value is -1.67. The second-order valence-corrected chi connectivity index (χ2v) is 5.39. The average Bonchev–Trinajstić information content (AvgIpc) is 2.47. The van der Waals surface area contributed by atoms with Crippen LogP contribution in [0.25, 0.3) is 0 Å². The number of nitrogens with one attached hydrogen (secondary N) is 1. The molecule has 0 aliphatic heterocycles. The number of benzene rings is 1. The SMILES string of the molecule is CCc1ccc(CC(Cc2cccc(C)c2)NC)nc1. The largest absolute Gasteiger partial charge is 0.316 e. The van der Waals surface area contributed by atoms with E-state index < -0.39 is 0 Å². The van der Waals surface area contributed by atoms with Gasteiger partial charge >= 0.3 is 0 Å². The zero-order valence-electron chi connectivity index (χ0n) is 12.7. The molecule has 2 aromatic rings. The van der Waals surface area contributed by atoms with Crippen LogP contribution in [0.2, 0.25) is 0 Å². The van der Waals surface area contributed by atoms with Crippen molar-refractivity contribution in [1.82, 2.24) is 10.3 Å². The lowest BCUT2D eigenvalue weighted by Crippen LogP contribution is -2.30. The van der Waals surface area contributed by atoms with Gasteiger partial charge in [-0.1, -0.05) is 42.8 Å². The predicted molar refractivity (Wildman–Crippen MR) is 85.0 cm³/mol. The molecule has 20 heavy (non-hydrogen) atoms. The molecule has 0 aliphatic rings. The van der Waals surface area contributed by atoms with Crippen LogP contribution in [0.3, 0.4) is 0 Å². The number of hydrogen-bond donors (Lipinski definition) is 1. The zero-order valence-corrected chi connectivity index (χ0v) is 12.7. The molecule has 0 bridgehead atoms. The van der Waals surface area contributed by atoms with Gasteiger partial charge in [0.15, 0.2) is 0 Å². The van der Waals surface area contributed by atoms with E-state index >= 15 is 0 Å². The van der Waals surface area contributed by atoms with Crippen molar-refractivity contribution in [2.24, 2.45) is 0 Å². The summed E-state index contributed by atoms with van der Waals surface area (Å²) in [6, 6.07) is 13.5. The van der Waals surface area contributed by atoms with E-state index in [9.17, 15) is 0 Å². The molecule has 1 unspecified atom stereocenters. The summed E-state index contributed by atoms with van der Waals surface area (Å²) in [5.74, 6) is 0. The fraction of sp³-hybridized carbons (Fsp3) is 0.389. The standard InChI is InChI=1S/C18H24N2/c1-4-15-8-9-17(20-13-15)12-18(19-3)11-16-7-5-6-14(2)10-16/h5-10,13,18-19H,4,11-12H2,1-3H3. The number of nitrogens with zero attached hydrogens (tertiary/aromatic N) is 1. The first-order chi connectivity index (χ1) is 9.71. The lowest BCUT2D eigenvalue weighted by Gasteiger charge is -2.16. The van der Waals surface area contributed by atoms with E-state index in [1.807, 2.05) is 13.2 Å². The third-order valence-electron chi connectivity index (χ3n) is 3.72. The summed E-state index contributed by atoms with van der Waals surface area (Å²) in [6.45, 7) is 4.30. The molecule has 0 radical (unpaired) electrons. The smallest absolute Gasteiger partial charge is 0.0419 e. The Morgan fingerprint density at radius 2 is 1.95 bits per heavy atom. The number of aryl methyl sites for hydroxylation is 2. The number of hydrogen-bond acceptors (Lipinski definition) is 2. The molecule has 2 heteroatoms. The molecule has 0 saturated heterocycles. The summed E-state index contributed by atoms with van der Waals surface area (Å²) < 4.78 is 0. The molecule has 0 saturated carbocycles. The summed E-state index contributed by atoms with van der Waals surface area (Å²) in [7, 11) is 2.03. The van der Waals surface area contributed by atoms with Crippen molar-refractivity contribution in [2.45, 2.75) is 39.2 Å². The first-order valence-corrected chi connectivity index (χ1v) is 7.38. The van der Waals surface area contributed by atoms with E-state index in [2.05, 4.69) is 60.5 Å². The fourth-order valence-electron chi connectivity index (χ4n) is 2.44. The number of pyridine rings is 1. The van der Waals surface area contributed by atoms with Gasteiger partial charge in [0.05, 0.1) is 0 Å². The van der Waals surface area contributed by atoms with E-state index in [0.29, 0.717) is 6.04 Å². The number of aromatic nitrogens is 1. The highest BCUT2D eigenvalue weighted by Gasteiger charge is 2.09. The molecule has 1 aromatic carbocycles. The van der Waals surface area contributed by atoms with Crippen molar-refractivity contribution >= 4 is 0 Å². The molecule has 0 fully saturated rings. The highest BCUT2D eigenvalue weighted by Crippen LogP contribution is 2.10. The Labute approximate surface area is 122 Å². The first kappa shape index (κ1) is 14.7. The van der Waals surface area contributed by atoms with Crippen molar-refractivity contribution < 1.29 is 0 Å². The molecule has 0 spiro atoms. The van der Waals surface area contributed by atoms with Crippen LogP contribution in [-0.4, -0.2) is 18.1 Å². The molecular weight excluding hydrogens is 244 g/mol. The zero-order chi connectivity index (χ0) is 14.4. The first-order valence-electron chi connectivity index (χ1n) is 7.38. The van der Waals surface area contributed by atoms with Crippen LogP contribution in [0.1, 0.15) is 29.3 Å². The second kappa shape index (κ2) is 7.20. The van der Waals surface area contributed by atoms with Crippen LogP contribution < -0.4 is 5.32 Å². The van der Waals surface area contributed by atoms with E-state index in [-0.39, 0.29) is 0 Å². The molecule has 2 nitrogen and oxygen atoms in total. The third-order valence-corrected chi connectivity index (χ3v) is 3.72. The van der Waals surface area contributed by atoms with Crippen molar-refractivity contribution in [3.8, 4) is 0 Å². The quantitative estimate of drug-likeness (QED) is 0.869. The Morgan fingerprint density at radius 1 is 1.10 bits per heavy atom. The van der Waals surface area contributed by atoms with Gasteiger partial charge in [-0.3, -0.25) is 4.98 Å². The normalized spacial score (nSPS) is 12.3. The summed E-state index contributed by atoms with van der Waals surface area (Å²) >= 11 is 0. The van der Waals surface area contributed by atoms with Crippen molar-refractivity contribution in [3.63, 3.8) is 0 Å². The second-order valence-electron chi connectivity index (χ2n) is 5.39. The summed E-state index contributed by atoms with van der Waals surface area (Å²) in [5, 5.41) is 3.41. The van der Waals surface area contributed by atoms with Crippen molar-refractivity contribution in [2.75, 3.05) is 7.05 Å². The average molecular weight is 268 g/mol. The van der Waals surface area contributed by atoms with E-state index in [1.165, 1.54) is 16.7 Å². The maximum Gasteiger partial charge on any atom is 0.0419 e. The summed E-state index contributed by atoms with van der Waals surface area (Å²) in [4.78, 5) is 4.56. The Balaban J connectivity index is 2.01. The molecular formula is C18H24N2. The van der Waals surface area contributed by atoms with Gasteiger partial charge in [-0.2, -0.15) is 0 Å². The van der Waals surface area contributed by atoms with Crippen LogP contribution in [0.5, 0.6) is 0 Å². The predicted octanol–water partition coefficient (Wildman–Crippen LogP) is 3.33. The molecule has 106 valence electrons. The maximum absolute atomic E-state index is 4.56. The van der Waals surface area contributed by atoms with Crippen LogP contribution >= 0.6 is 0 Å². The Bertz CT molecular complexity index is 531. The van der Waals surface area contributed by atoms with Gasteiger partial charge in [-0.25, -0.2) is 0 Å². The van der Waals surface area contributed by atoms with Crippen LogP contribution in [-0.2, 0) is 19.3 Å². The molecule has 1 N–H and O–H groups in total. The van der Waals surface area contributed by atoms with Gasteiger partial charge in [-0.15, -0.1) is 0 Å². The van der Waals surface area contributed by atoms with Gasteiger partial charge < -0.3 is 5.32 Å². The summed E-state index contributed by atoms with van der Waals surface area (Å²) in [6.07, 6.45) is 5.05. The van der Waals surface area contributed by atoms with E-state index in [1.54, 1.807) is 0 Å². The van der Waals surface area contributed by atoms with Gasteiger partial charge in [0, 0.05) is 24.4 Å². The van der Waals surface area contributed by atoms with Gasteiger partial charge in [0.2, 0.25) is 0 Å². The van der Waals surface area contributed by atoms with Gasteiger partial charge in [0.25, 0.3) is 0 Å². The summed E-state index contributed by atoms with van der Waals surface area (Å²) in [5.41, 5.74) is 5.17. The molecule has 1 aromatic heterocycles. The highest BCUT2D eigenvalue weighted by atomic mass is 14.9. The van der Waals surface area contributed by atoms with E-state index in [4.69, 9.17) is 0 Å². The van der Waals surface area contributed by atoms with Crippen LogP contribution in [0, 0.1) is 6.92 Å². The Kier molecular flexibility index (Phi) is 5.31. The van der Waals surface area contributed by atoms with Crippen LogP contribution in [0.4, 0.5) is 0 Å². The molecule has 1 heterocycles. The minimum absolute atomic E-state index is 0.428. The molecule has 0 amide bonds. The van der Waals surface area contributed by atoms with E-state index in [0.717, 1.165) is 25.0 Å². The fourth-order valence-corrected chi connectivity index (χ4v) is 2.44. The molecule has 2 rings (SSSR count). The lowest BCUT2D eigenvalue weighted by atomic mass is 10.00. The van der Waals surface area contributed by atoms with Crippen molar-refractivity contribution in [1.29, 1.82) is 0 Å². The van der Waals surface area contributed by atoms with Crippen LogP contribution in [0.15, 0.2) is 42.6 Å². The minimum Gasteiger partial charge on any atom is -0.316 e. The molecule has 0 aliphatic carbocycles. The van der Waals surface area contributed by atoms with Gasteiger partial charge in [0.1, 0.15) is 0 Å².